The molecule has 0 radical (unpaired) electrons. The third-order valence-electron chi connectivity index (χ3n) is 6.04. The monoisotopic (exact) mass is 514 g/mol. The fourth-order valence-corrected chi connectivity index (χ4v) is 4.01. The molecule has 1 unspecified atom stereocenters. The average Bonchev–Trinajstić information content (AvgIpc) is 3.64. The first-order valence-electron chi connectivity index (χ1n) is 12.6. The van der Waals surface area contributed by atoms with E-state index in [1.807, 2.05) is 31.2 Å². The number of halogens is 2. The number of carbonyl (C=O) groups is 1. The van der Waals surface area contributed by atoms with Crippen LogP contribution < -0.4 is 10.6 Å². The van der Waals surface area contributed by atoms with Gasteiger partial charge in [0.25, 0.3) is 5.91 Å². The summed E-state index contributed by atoms with van der Waals surface area (Å²) in [5.74, 6) is 0.337. The van der Waals surface area contributed by atoms with Crippen molar-refractivity contribution in [1.82, 2.24) is 15.2 Å². The van der Waals surface area contributed by atoms with Gasteiger partial charge in [0.15, 0.2) is 0 Å². The number of aryl methyl sites for hydroxylation is 1. The Morgan fingerprint density at radius 1 is 1.30 bits per heavy atom. The minimum absolute atomic E-state index is 0. The summed E-state index contributed by atoms with van der Waals surface area (Å²) in [4.78, 5) is 17.1. The molecular formula is C29H40F2N4O2. The molecule has 1 amide bonds. The molecule has 202 valence electrons. The van der Waals surface area contributed by atoms with Crippen molar-refractivity contribution < 1.29 is 21.5 Å². The van der Waals surface area contributed by atoms with Gasteiger partial charge in [-0.3, -0.25) is 4.79 Å². The second-order valence-corrected chi connectivity index (χ2v) is 9.33. The Morgan fingerprint density at radius 2 is 2.05 bits per heavy atom. The summed E-state index contributed by atoms with van der Waals surface area (Å²) in [6, 6.07) is 10.0. The summed E-state index contributed by atoms with van der Waals surface area (Å²) in [5, 5.41) is 15.7. The first-order valence-corrected chi connectivity index (χ1v) is 12.6. The van der Waals surface area contributed by atoms with E-state index >= 15 is 0 Å². The van der Waals surface area contributed by atoms with Crippen LogP contribution in [0.5, 0.6) is 0 Å². The number of amidine groups is 1. The number of nitrogens with one attached hydrogen (secondary N) is 2. The highest BCUT2D eigenvalue weighted by atomic mass is 19.3. The number of allylic oxidation sites excluding steroid dienone is 3. The first kappa shape index (κ1) is 28.1. The van der Waals surface area contributed by atoms with Crippen LogP contribution in [0.2, 0.25) is 0 Å². The van der Waals surface area contributed by atoms with Crippen molar-refractivity contribution >= 4 is 17.4 Å². The van der Waals surface area contributed by atoms with Crippen LogP contribution in [0.25, 0.3) is 5.70 Å². The lowest BCUT2D eigenvalue weighted by Crippen LogP contribution is -2.32. The summed E-state index contributed by atoms with van der Waals surface area (Å²) >= 11 is 0. The van der Waals surface area contributed by atoms with Crippen molar-refractivity contribution in [3.05, 3.63) is 89.4 Å². The van der Waals surface area contributed by atoms with Crippen LogP contribution in [-0.2, 0) is 6.54 Å². The van der Waals surface area contributed by atoms with Gasteiger partial charge in [-0.2, -0.15) is 0 Å². The van der Waals surface area contributed by atoms with Crippen molar-refractivity contribution in [3.63, 3.8) is 0 Å². The molecule has 2 aliphatic rings. The predicted molar refractivity (Wildman–Crippen MR) is 149 cm³/mol. The molecule has 6 nitrogen and oxygen atoms in total. The Bertz CT molecular complexity index is 1180. The molecule has 0 bridgehead atoms. The molecule has 37 heavy (non-hydrogen) atoms. The molecule has 0 spiro atoms. The molecule has 0 saturated carbocycles. The van der Waals surface area contributed by atoms with Crippen LogP contribution in [0.15, 0.2) is 77.7 Å². The van der Waals surface area contributed by atoms with Crippen molar-refractivity contribution in [2.24, 2.45) is 10.9 Å². The summed E-state index contributed by atoms with van der Waals surface area (Å²) in [6.07, 6.45) is 10.5. The van der Waals surface area contributed by atoms with Gasteiger partial charge in [-0.05, 0) is 45.7 Å². The van der Waals surface area contributed by atoms with Crippen LogP contribution in [-0.4, -0.2) is 40.5 Å². The van der Waals surface area contributed by atoms with Crippen molar-refractivity contribution in [3.8, 4) is 0 Å². The first-order chi connectivity index (χ1) is 17.7. The van der Waals surface area contributed by atoms with E-state index in [4.69, 9.17) is 0 Å². The van der Waals surface area contributed by atoms with E-state index in [-0.39, 0.29) is 14.7 Å². The van der Waals surface area contributed by atoms with Crippen LogP contribution in [0.3, 0.4) is 0 Å². The van der Waals surface area contributed by atoms with Gasteiger partial charge in [0, 0.05) is 45.4 Å². The normalized spacial score (nSPS) is 16.2. The molecule has 3 N–H and O–H groups in total. The quantitative estimate of drug-likeness (QED) is 0.381. The third kappa shape index (κ3) is 8.82. The zero-order valence-electron chi connectivity index (χ0n) is 21.6. The second kappa shape index (κ2) is 13.7. The number of rotatable bonds is 8. The maximum absolute atomic E-state index is 12.4. The second-order valence-electron chi connectivity index (χ2n) is 9.33. The summed E-state index contributed by atoms with van der Waals surface area (Å²) in [5.41, 5.74) is 4.75. The zero-order chi connectivity index (χ0) is 26.8. The standard InChI is InChI=1S/C23H28N4O2.C6H8F2.2H2/c1-4-20(13-24-23(29)19-10-11-27(15-19)14-17(3)28)25-22-9-8-21(26-22)18-7-5-6-16(2)12-18;7-6(8)5-3-1-2-4-5;;/h4-8,10-12,15,17,28H,9,13-14H2,1-3H3,(H,24,29)(H,25,26);1-2,5-6H,3-4H2;2*1H/b20-4-;;;. The Kier molecular flexibility index (Phi) is 10.4. The predicted octanol–water partition coefficient (Wildman–Crippen LogP) is 5.95. The fraction of sp³-hybridized carbons (Fsp3) is 0.379. The summed E-state index contributed by atoms with van der Waals surface area (Å²) in [6.45, 7) is 6.56. The maximum atomic E-state index is 12.4. The van der Waals surface area contributed by atoms with Gasteiger partial charge in [0.05, 0.1) is 23.9 Å². The topological polar surface area (TPSA) is 78.7 Å². The number of aliphatic hydroxyl groups excluding tert-OH is 1. The van der Waals surface area contributed by atoms with E-state index in [2.05, 4.69) is 46.8 Å². The van der Waals surface area contributed by atoms with Gasteiger partial charge in [0.2, 0.25) is 6.43 Å². The van der Waals surface area contributed by atoms with Gasteiger partial charge >= 0.3 is 0 Å². The Labute approximate surface area is 220 Å². The number of nitrogens with zero attached hydrogens (tertiary/aromatic N) is 2. The third-order valence-corrected chi connectivity index (χ3v) is 6.04. The lowest BCUT2D eigenvalue weighted by atomic mass is 10.1. The number of carbonyl (C=O) groups excluding carboxylic acids is 1. The fourth-order valence-electron chi connectivity index (χ4n) is 4.01. The SMILES string of the molecule is C/C=C(/CNC(=O)c1ccn(CC(C)O)c1)NC1=NC(c2cccc(C)c2)=CC1.FC(F)C1CC=CC1.[HH].[HH]. The lowest BCUT2D eigenvalue weighted by molar-refractivity contribution is 0.0836. The molecular weight excluding hydrogens is 474 g/mol. The zero-order valence-corrected chi connectivity index (χ0v) is 21.6. The van der Waals surface area contributed by atoms with Crippen LogP contribution in [0.1, 0.15) is 57.4 Å². The van der Waals surface area contributed by atoms with Gasteiger partial charge < -0.3 is 20.3 Å². The number of benzene rings is 1. The molecule has 0 saturated heterocycles. The van der Waals surface area contributed by atoms with Gasteiger partial charge in [0.1, 0.15) is 5.84 Å². The van der Waals surface area contributed by atoms with Crippen molar-refractivity contribution in [2.45, 2.75) is 59.1 Å². The molecule has 1 atom stereocenters. The average molecular weight is 515 g/mol. The van der Waals surface area contributed by atoms with E-state index in [1.54, 1.807) is 30.0 Å². The van der Waals surface area contributed by atoms with E-state index in [0.717, 1.165) is 29.2 Å². The van der Waals surface area contributed by atoms with E-state index in [0.29, 0.717) is 31.5 Å². The number of alkyl halides is 2. The summed E-state index contributed by atoms with van der Waals surface area (Å²) < 4.78 is 25.2. The van der Waals surface area contributed by atoms with Gasteiger partial charge in [-0.25, -0.2) is 13.8 Å². The number of aliphatic hydroxyl groups is 1. The minimum atomic E-state index is -2.12. The lowest BCUT2D eigenvalue weighted by Gasteiger charge is -2.11. The van der Waals surface area contributed by atoms with Gasteiger partial charge in [-0.1, -0.05) is 48.1 Å². The number of hydrogen-bond donors (Lipinski definition) is 3. The molecule has 8 heteroatoms. The largest absolute Gasteiger partial charge is 0.392 e. The Morgan fingerprint density at radius 3 is 2.68 bits per heavy atom. The van der Waals surface area contributed by atoms with Crippen LogP contribution >= 0.6 is 0 Å². The van der Waals surface area contributed by atoms with E-state index in [1.165, 1.54) is 5.56 Å². The number of aliphatic imine (C=N–C) groups is 1. The molecule has 2 aromatic rings. The summed E-state index contributed by atoms with van der Waals surface area (Å²) in [7, 11) is 0. The molecule has 4 rings (SSSR count). The van der Waals surface area contributed by atoms with Gasteiger partial charge in [-0.15, -0.1) is 0 Å². The smallest absolute Gasteiger partial charge is 0.253 e. The maximum Gasteiger partial charge on any atom is 0.253 e. The highest BCUT2D eigenvalue weighted by molar-refractivity contribution is 5.96. The van der Waals surface area contributed by atoms with E-state index in [9.17, 15) is 18.7 Å². The minimum Gasteiger partial charge on any atom is -0.392 e. The van der Waals surface area contributed by atoms with Crippen molar-refractivity contribution in [1.29, 1.82) is 0 Å². The Balaban J connectivity index is 0.000000655. The number of hydrogen-bond acceptors (Lipinski definition) is 4. The molecule has 0 fully saturated rings. The molecule has 1 aliphatic carbocycles. The molecule has 2 heterocycles. The molecule has 1 aliphatic heterocycles. The highest BCUT2D eigenvalue weighted by Crippen LogP contribution is 2.24. The number of aromatic nitrogens is 1. The van der Waals surface area contributed by atoms with E-state index < -0.39 is 12.5 Å². The number of amides is 1. The molecule has 1 aromatic carbocycles. The molecule has 1 aromatic heterocycles. The van der Waals surface area contributed by atoms with Crippen molar-refractivity contribution in [2.75, 3.05) is 6.54 Å². The highest BCUT2D eigenvalue weighted by Gasteiger charge is 2.20. The van der Waals surface area contributed by atoms with Crippen LogP contribution in [0.4, 0.5) is 8.78 Å². The Hall–Kier alpha value is -3.52. The van der Waals surface area contributed by atoms with Crippen LogP contribution in [0, 0.1) is 12.8 Å².